The third kappa shape index (κ3) is 8.14. The maximum absolute atomic E-state index is 12.6. The highest BCUT2D eigenvalue weighted by atomic mass is 19.4. The zero-order valence-electron chi connectivity index (χ0n) is 16.6. The van der Waals surface area contributed by atoms with Crippen molar-refractivity contribution in [2.45, 2.75) is 13.1 Å². The molecule has 1 aromatic heterocycles. The van der Waals surface area contributed by atoms with Gasteiger partial charge >= 0.3 is 6.18 Å². The van der Waals surface area contributed by atoms with E-state index in [0.717, 1.165) is 23.3 Å². The summed E-state index contributed by atoms with van der Waals surface area (Å²) in [4.78, 5) is 26.0. The van der Waals surface area contributed by atoms with E-state index in [0.29, 0.717) is 5.56 Å². The Balaban J connectivity index is 0.000000262. The second-order valence-electron chi connectivity index (χ2n) is 6.42. The summed E-state index contributed by atoms with van der Waals surface area (Å²) in [5.41, 5.74) is 6.48. The molecule has 3 rings (SSSR count). The Bertz CT molecular complexity index is 1050. The fourth-order valence-corrected chi connectivity index (χ4v) is 2.33. The number of halogens is 3. The molecule has 3 aromatic rings. The third-order valence-corrected chi connectivity index (χ3v) is 3.89. The molecule has 160 valence electrons. The molecule has 0 spiro atoms. The molecule has 0 radical (unpaired) electrons. The lowest BCUT2D eigenvalue weighted by atomic mass is 10.1. The van der Waals surface area contributed by atoms with Gasteiger partial charge in [0.15, 0.2) is 0 Å². The van der Waals surface area contributed by atoms with Crippen LogP contribution in [0.2, 0.25) is 0 Å². The predicted octanol–water partition coefficient (Wildman–Crippen LogP) is 4.85. The minimum atomic E-state index is -4.43. The normalized spacial score (nSPS) is 10.8. The van der Waals surface area contributed by atoms with Gasteiger partial charge in [0, 0.05) is 29.7 Å². The van der Waals surface area contributed by atoms with Crippen LogP contribution in [-0.2, 0) is 11.0 Å². The minimum Gasteiger partial charge on any atom is -0.366 e. The number of anilines is 1. The molecule has 0 unspecified atom stereocenters. The first-order valence-electron chi connectivity index (χ1n) is 9.08. The second kappa shape index (κ2) is 10.7. The molecule has 0 saturated heterocycles. The monoisotopic (exact) mass is 427 g/mol. The summed E-state index contributed by atoms with van der Waals surface area (Å²) in [5, 5.41) is 2.45. The van der Waals surface area contributed by atoms with Crippen LogP contribution < -0.4 is 11.1 Å². The number of aryl methyl sites for hydroxylation is 1. The molecule has 0 aliphatic rings. The third-order valence-electron chi connectivity index (χ3n) is 3.89. The summed E-state index contributed by atoms with van der Waals surface area (Å²) >= 11 is 0. The van der Waals surface area contributed by atoms with Gasteiger partial charge in [-0.05, 0) is 55.0 Å². The molecule has 0 atom stereocenters. The number of primary amides is 1. The quantitative estimate of drug-likeness (QED) is 0.584. The van der Waals surface area contributed by atoms with E-state index in [1.54, 1.807) is 48.8 Å². The fraction of sp³-hybridized carbons (Fsp3) is 0.0870. The number of carbonyl (C=O) groups excluding carboxylic acids is 2. The molecule has 0 fully saturated rings. The van der Waals surface area contributed by atoms with Crippen LogP contribution in [0, 0.1) is 6.92 Å². The summed E-state index contributed by atoms with van der Waals surface area (Å²) in [7, 11) is 0. The van der Waals surface area contributed by atoms with Gasteiger partial charge in [-0.2, -0.15) is 13.2 Å². The maximum Gasteiger partial charge on any atom is 0.416 e. The van der Waals surface area contributed by atoms with E-state index >= 15 is 0 Å². The number of carbonyl (C=O) groups is 2. The zero-order chi connectivity index (χ0) is 22.9. The van der Waals surface area contributed by atoms with E-state index < -0.39 is 23.6 Å². The molecule has 1 heterocycles. The summed E-state index contributed by atoms with van der Waals surface area (Å²) < 4.78 is 37.7. The van der Waals surface area contributed by atoms with Gasteiger partial charge in [-0.3, -0.25) is 14.6 Å². The molecular weight excluding hydrogens is 407 g/mol. The lowest BCUT2D eigenvalue weighted by Gasteiger charge is -2.10. The number of pyridine rings is 1. The Labute approximate surface area is 177 Å². The summed E-state index contributed by atoms with van der Waals surface area (Å²) in [6, 6.07) is 15.0. The van der Waals surface area contributed by atoms with Crippen molar-refractivity contribution in [3.8, 4) is 0 Å². The number of alkyl halides is 3. The fourth-order valence-electron chi connectivity index (χ4n) is 2.33. The van der Waals surface area contributed by atoms with Gasteiger partial charge in [-0.1, -0.05) is 29.8 Å². The summed E-state index contributed by atoms with van der Waals surface area (Å²) in [5.74, 6) is -0.891. The van der Waals surface area contributed by atoms with Crippen molar-refractivity contribution in [1.29, 1.82) is 0 Å². The molecule has 3 N–H and O–H groups in total. The van der Waals surface area contributed by atoms with Crippen LogP contribution in [0.25, 0.3) is 6.08 Å². The SMILES string of the molecule is Cc1ccc(C(=O)Nc2cccc(C(F)(F)F)c2)cc1.NC(=O)C=Cc1cccnc1. The summed E-state index contributed by atoms with van der Waals surface area (Å²) in [6.07, 6.45) is 1.82. The number of hydrogen-bond acceptors (Lipinski definition) is 3. The number of amides is 2. The van der Waals surface area contributed by atoms with Crippen molar-refractivity contribution in [3.63, 3.8) is 0 Å². The standard InChI is InChI=1S/C15H12F3NO.C8H8N2O/c1-10-5-7-11(8-6-10)14(20)19-13-4-2-3-12(9-13)15(16,17)18;9-8(11)4-3-7-2-1-5-10-6-7/h2-9H,1H3,(H,19,20);1-6H,(H2,9,11). The van der Waals surface area contributed by atoms with Crippen molar-refractivity contribution in [2.75, 3.05) is 5.32 Å². The van der Waals surface area contributed by atoms with Gasteiger partial charge in [0.1, 0.15) is 0 Å². The predicted molar refractivity (Wildman–Crippen MR) is 113 cm³/mol. The van der Waals surface area contributed by atoms with Crippen molar-refractivity contribution in [1.82, 2.24) is 4.98 Å². The van der Waals surface area contributed by atoms with Gasteiger partial charge in [-0.15, -0.1) is 0 Å². The zero-order valence-corrected chi connectivity index (χ0v) is 16.6. The molecule has 5 nitrogen and oxygen atoms in total. The number of nitrogens with two attached hydrogens (primary N) is 1. The van der Waals surface area contributed by atoms with Crippen LogP contribution in [0.15, 0.2) is 79.1 Å². The number of nitrogens with one attached hydrogen (secondary N) is 1. The largest absolute Gasteiger partial charge is 0.416 e. The number of nitrogens with zero attached hydrogens (tertiary/aromatic N) is 1. The lowest BCUT2D eigenvalue weighted by Crippen LogP contribution is -2.13. The van der Waals surface area contributed by atoms with Crippen LogP contribution in [0.5, 0.6) is 0 Å². The van der Waals surface area contributed by atoms with E-state index in [9.17, 15) is 22.8 Å². The Morgan fingerprint density at radius 1 is 1.03 bits per heavy atom. The van der Waals surface area contributed by atoms with E-state index in [1.807, 2.05) is 13.0 Å². The van der Waals surface area contributed by atoms with E-state index in [1.165, 1.54) is 18.2 Å². The van der Waals surface area contributed by atoms with Gasteiger partial charge < -0.3 is 11.1 Å². The molecule has 0 aliphatic heterocycles. The van der Waals surface area contributed by atoms with Crippen molar-refractivity contribution < 1.29 is 22.8 Å². The van der Waals surface area contributed by atoms with Crippen LogP contribution in [0.1, 0.15) is 27.0 Å². The van der Waals surface area contributed by atoms with Crippen LogP contribution in [0.4, 0.5) is 18.9 Å². The van der Waals surface area contributed by atoms with Crippen molar-refractivity contribution >= 4 is 23.6 Å². The molecule has 31 heavy (non-hydrogen) atoms. The molecular formula is C23H20F3N3O2. The molecule has 0 bridgehead atoms. The highest BCUT2D eigenvalue weighted by Crippen LogP contribution is 2.30. The van der Waals surface area contributed by atoms with Crippen LogP contribution in [0.3, 0.4) is 0 Å². The Morgan fingerprint density at radius 2 is 1.74 bits per heavy atom. The smallest absolute Gasteiger partial charge is 0.366 e. The van der Waals surface area contributed by atoms with Crippen molar-refractivity contribution in [2.24, 2.45) is 5.73 Å². The first-order valence-corrected chi connectivity index (χ1v) is 9.08. The van der Waals surface area contributed by atoms with Gasteiger partial charge in [0.2, 0.25) is 5.91 Å². The molecule has 0 aliphatic carbocycles. The van der Waals surface area contributed by atoms with E-state index in [2.05, 4.69) is 10.3 Å². The molecule has 0 saturated carbocycles. The first kappa shape index (κ1) is 23.3. The van der Waals surface area contributed by atoms with Crippen LogP contribution >= 0.6 is 0 Å². The molecule has 2 amide bonds. The first-order chi connectivity index (χ1) is 14.6. The Hall–Kier alpha value is -3.94. The highest BCUT2D eigenvalue weighted by molar-refractivity contribution is 6.04. The number of benzene rings is 2. The minimum absolute atomic E-state index is 0.116. The highest BCUT2D eigenvalue weighted by Gasteiger charge is 2.30. The maximum atomic E-state index is 12.6. The Morgan fingerprint density at radius 3 is 2.32 bits per heavy atom. The van der Waals surface area contributed by atoms with E-state index in [4.69, 9.17) is 5.73 Å². The van der Waals surface area contributed by atoms with Gasteiger partial charge in [-0.25, -0.2) is 0 Å². The van der Waals surface area contributed by atoms with Gasteiger partial charge in [0.05, 0.1) is 5.56 Å². The average Bonchev–Trinajstić information content (AvgIpc) is 2.73. The second-order valence-corrected chi connectivity index (χ2v) is 6.42. The van der Waals surface area contributed by atoms with Crippen LogP contribution in [-0.4, -0.2) is 16.8 Å². The topological polar surface area (TPSA) is 85.1 Å². The Kier molecular flexibility index (Phi) is 8.08. The lowest BCUT2D eigenvalue weighted by molar-refractivity contribution is -0.137. The molecule has 2 aromatic carbocycles. The number of hydrogen-bond donors (Lipinski definition) is 2. The molecule has 8 heteroatoms. The van der Waals surface area contributed by atoms with Gasteiger partial charge in [0.25, 0.3) is 5.91 Å². The number of rotatable bonds is 4. The van der Waals surface area contributed by atoms with E-state index in [-0.39, 0.29) is 5.69 Å². The average molecular weight is 427 g/mol. The number of aromatic nitrogens is 1. The summed E-state index contributed by atoms with van der Waals surface area (Å²) in [6.45, 7) is 1.88. The van der Waals surface area contributed by atoms with Crippen molar-refractivity contribution in [3.05, 3.63) is 101 Å².